The van der Waals surface area contributed by atoms with Gasteiger partial charge in [0.1, 0.15) is 11.3 Å². The fourth-order valence-corrected chi connectivity index (χ4v) is 3.24. The molecular weight excluding hydrogens is 342 g/mol. The summed E-state index contributed by atoms with van der Waals surface area (Å²) in [7, 11) is 0. The summed E-state index contributed by atoms with van der Waals surface area (Å²) >= 11 is 0. The van der Waals surface area contributed by atoms with Gasteiger partial charge in [0.25, 0.3) is 5.78 Å². The smallest absolute Gasteiger partial charge is 0.254 e. The molecule has 7 nitrogen and oxygen atoms in total. The topological polar surface area (TPSA) is 78.3 Å². The third-order valence-corrected chi connectivity index (χ3v) is 4.51. The molecular formula is C20H15N5O2. The van der Waals surface area contributed by atoms with Crippen molar-refractivity contribution in [1.82, 2.24) is 24.6 Å². The van der Waals surface area contributed by atoms with Gasteiger partial charge in [-0.3, -0.25) is 4.40 Å². The molecule has 0 aliphatic rings. The molecule has 5 aromatic rings. The predicted molar refractivity (Wildman–Crippen MR) is 99.8 cm³/mol. The van der Waals surface area contributed by atoms with Crippen LogP contribution in [-0.2, 0) is 0 Å². The van der Waals surface area contributed by atoms with Crippen LogP contribution in [0.25, 0.3) is 28.0 Å². The quantitative estimate of drug-likeness (QED) is 0.478. The summed E-state index contributed by atoms with van der Waals surface area (Å²) in [6.45, 7) is 3.98. The van der Waals surface area contributed by atoms with Crippen LogP contribution >= 0.6 is 0 Å². The van der Waals surface area contributed by atoms with E-state index in [1.54, 1.807) is 18.7 Å². The van der Waals surface area contributed by atoms with E-state index < -0.39 is 0 Å². The summed E-state index contributed by atoms with van der Waals surface area (Å²) in [5, 5.41) is 9.19. The van der Waals surface area contributed by atoms with Gasteiger partial charge in [0, 0.05) is 24.2 Å². The summed E-state index contributed by atoms with van der Waals surface area (Å²) in [5.74, 6) is 1.80. The Balaban J connectivity index is 1.57. The maximum Gasteiger partial charge on any atom is 0.254 e. The lowest BCUT2D eigenvalue weighted by Crippen LogP contribution is -2.02. The number of aromatic nitrogens is 5. The molecule has 27 heavy (non-hydrogen) atoms. The summed E-state index contributed by atoms with van der Waals surface area (Å²) in [4.78, 5) is 8.54. The Morgan fingerprint density at radius 2 is 1.93 bits per heavy atom. The van der Waals surface area contributed by atoms with E-state index in [9.17, 15) is 0 Å². The molecule has 0 saturated carbocycles. The zero-order chi connectivity index (χ0) is 18.4. The maximum absolute atomic E-state index is 6.01. The van der Waals surface area contributed by atoms with E-state index in [0.29, 0.717) is 17.4 Å². The molecule has 0 radical (unpaired) electrons. The first-order valence-electron chi connectivity index (χ1n) is 8.48. The Kier molecular flexibility index (Phi) is 3.39. The minimum absolute atomic E-state index is 0.521. The van der Waals surface area contributed by atoms with E-state index in [2.05, 4.69) is 20.2 Å². The maximum atomic E-state index is 6.01. The molecule has 4 heterocycles. The van der Waals surface area contributed by atoms with Crippen LogP contribution in [0.5, 0.6) is 11.6 Å². The number of fused-ring (bicyclic) bond motifs is 2. The fraction of sp³-hybridized carbons (Fsp3) is 0.100. The minimum atomic E-state index is 0.521. The highest BCUT2D eigenvalue weighted by Gasteiger charge is 2.14. The van der Waals surface area contributed by atoms with Gasteiger partial charge >= 0.3 is 0 Å². The molecule has 4 aromatic heterocycles. The Labute approximate surface area is 154 Å². The van der Waals surface area contributed by atoms with Crippen molar-refractivity contribution in [3.63, 3.8) is 0 Å². The number of hydrogen-bond acceptors (Lipinski definition) is 6. The highest BCUT2D eigenvalue weighted by atomic mass is 16.5. The van der Waals surface area contributed by atoms with Crippen LogP contribution in [0.15, 0.2) is 59.6 Å². The second kappa shape index (κ2) is 5.91. The summed E-state index contributed by atoms with van der Waals surface area (Å²) in [5.41, 5.74) is 4.65. The second-order valence-electron chi connectivity index (χ2n) is 6.26. The van der Waals surface area contributed by atoms with Crippen molar-refractivity contribution in [2.45, 2.75) is 13.8 Å². The van der Waals surface area contributed by atoms with E-state index >= 15 is 0 Å². The van der Waals surface area contributed by atoms with Gasteiger partial charge in [0.2, 0.25) is 5.88 Å². The molecule has 0 unspecified atom stereocenters. The van der Waals surface area contributed by atoms with Crippen molar-refractivity contribution in [3.05, 3.63) is 66.4 Å². The molecule has 5 rings (SSSR count). The lowest BCUT2D eigenvalue weighted by Gasteiger charge is -2.12. The molecule has 0 bridgehead atoms. The zero-order valence-electron chi connectivity index (χ0n) is 14.7. The lowest BCUT2D eigenvalue weighted by molar-refractivity contribution is 0.468. The molecule has 7 heteroatoms. The molecule has 0 amide bonds. The summed E-state index contributed by atoms with van der Waals surface area (Å²) in [6, 6.07) is 9.58. The van der Waals surface area contributed by atoms with Gasteiger partial charge in [-0.15, -0.1) is 10.2 Å². The highest BCUT2D eigenvalue weighted by molar-refractivity contribution is 5.82. The number of aryl methyl sites for hydroxylation is 2. The van der Waals surface area contributed by atoms with Crippen molar-refractivity contribution in [1.29, 1.82) is 0 Å². The molecule has 0 fully saturated rings. The SMILES string of the molecule is Cc1cc(Oc2nccc3occc23)ccc1-c1c(C)nnc2nccn12. The third-order valence-electron chi connectivity index (χ3n) is 4.51. The zero-order valence-corrected chi connectivity index (χ0v) is 14.7. The van der Waals surface area contributed by atoms with Crippen LogP contribution in [-0.4, -0.2) is 24.6 Å². The number of hydrogen-bond donors (Lipinski definition) is 0. The molecule has 132 valence electrons. The van der Waals surface area contributed by atoms with Gasteiger partial charge in [-0.05, 0) is 49.7 Å². The number of rotatable bonds is 3. The van der Waals surface area contributed by atoms with Crippen molar-refractivity contribution >= 4 is 16.7 Å². The van der Waals surface area contributed by atoms with Crippen LogP contribution in [0.4, 0.5) is 0 Å². The number of ether oxygens (including phenoxy) is 1. The van der Waals surface area contributed by atoms with Gasteiger partial charge in [-0.2, -0.15) is 0 Å². The number of benzene rings is 1. The van der Waals surface area contributed by atoms with Crippen molar-refractivity contribution in [3.8, 4) is 22.9 Å². The molecule has 0 spiro atoms. The van der Waals surface area contributed by atoms with E-state index in [1.165, 1.54) is 0 Å². The Morgan fingerprint density at radius 1 is 1.00 bits per heavy atom. The van der Waals surface area contributed by atoms with Gasteiger partial charge in [-0.25, -0.2) is 9.97 Å². The first-order chi connectivity index (χ1) is 13.2. The fourth-order valence-electron chi connectivity index (χ4n) is 3.24. The molecule has 0 aliphatic heterocycles. The van der Waals surface area contributed by atoms with Gasteiger partial charge in [0.15, 0.2) is 0 Å². The molecule has 0 aliphatic carbocycles. The number of nitrogens with zero attached hydrogens (tertiary/aromatic N) is 5. The average Bonchev–Trinajstić information content (AvgIpc) is 3.32. The molecule has 0 N–H and O–H groups in total. The van der Waals surface area contributed by atoms with Crippen LogP contribution in [0.2, 0.25) is 0 Å². The summed E-state index contributed by atoms with van der Waals surface area (Å²) in [6.07, 6.45) is 6.91. The van der Waals surface area contributed by atoms with Crippen LogP contribution in [0.1, 0.15) is 11.3 Å². The highest BCUT2D eigenvalue weighted by Crippen LogP contribution is 2.32. The van der Waals surface area contributed by atoms with Crippen LogP contribution in [0, 0.1) is 13.8 Å². The Morgan fingerprint density at radius 3 is 2.81 bits per heavy atom. The van der Waals surface area contributed by atoms with Gasteiger partial charge in [-0.1, -0.05) is 0 Å². The first-order valence-corrected chi connectivity index (χ1v) is 8.48. The van der Waals surface area contributed by atoms with E-state index in [1.807, 2.05) is 54.8 Å². The van der Waals surface area contributed by atoms with Crippen LogP contribution in [0.3, 0.4) is 0 Å². The van der Waals surface area contributed by atoms with E-state index in [4.69, 9.17) is 9.15 Å². The van der Waals surface area contributed by atoms with Crippen molar-refractivity contribution in [2.24, 2.45) is 0 Å². The number of imidazole rings is 1. The minimum Gasteiger partial charge on any atom is -0.464 e. The molecule has 0 atom stereocenters. The molecule has 1 aromatic carbocycles. The number of furan rings is 1. The molecule has 0 saturated heterocycles. The number of pyridine rings is 1. The van der Waals surface area contributed by atoms with Crippen molar-refractivity contribution < 1.29 is 9.15 Å². The lowest BCUT2D eigenvalue weighted by atomic mass is 10.0. The second-order valence-corrected chi connectivity index (χ2v) is 6.26. The first kappa shape index (κ1) is 15.5. The van der Waals surface area contributed by atoms with Gasteiger partial charge in [0.05, 0.1) is 23.0 Å². The van der Waals surface area contributed by atoms with Crippen molar-refractivity contribution in [2.75, 3.05) is 0 Å². The Bertz CT molecular complexity index is 1290. The van der Waals surface area contributed by atoms with E-state index in [-0.39, 0.29) is 0 Å². The monoisotopic (exact) mass is 357 g/mol. The van der Waals surface area contributed by atoms with Crippen LogP contribution < -0.4 is 4.74 Å². The Hall–Kier alpha value is -3.74. The average molecular weight is 357 g/mol. The third kappa shape index (κ3) is 2.52. The normalized spacial score (nSPS) is 11.3. The largest absolute Gasteiger partial charge is 0.464 e. The van der Waals surface area contributed by atoms with Gasteiger partial charge < -0.3 is 9.15 Å². The summed E-state index contributed by atoms with van der Waals surface area (Å²) < 4.78 is 13.4. The predicted octanol–water partition coefficient (Wildman–Crippen LogP) is 4.34. The van der Waals surface area contributed by atoms with E-state index in [0.717, 1.165) is 33.5 Å². The standard InChI is InChI=1S/C20H15N5O2/c1-12-11-14(27-19-16-6-10-26-17(16)5-7-21-19)3-4-15(12)18-13(2)23-24-20-22-8-9-25(18)20/h3-11H,1-2H3.